The summed E-state index contributed by atoms with van der Waals surface area (Å²) in [6.45, 7) is 4.62. The van der Waals surface area contributed by atoms with E-state index in [2.05, 4.69) is 6.92 Å². The predicted octanol–water partition coefficient (Wildman–Crippen LogP) is 3.36. The molecule has 2 radical (unpaired) electrons. The van der Waals surface area contributed by atoms with E-state index in [4.69, 9.17) is 0 Å². The van der Waals surface area contributed by atoms with Crippen LogP contribution in [0, 0.1) is 12.8 Å². The summed E-state index contributed by atoms with van der Waals surface area (Å²) in [5.41, 5.74) is 0.915. The van der Waals surface area contributed by atoms with Gasteiger partial charge in [0.1, 0.15) is 0 Å². The number of hydrogen-bond acceptors (Lipinski definition) is 2. The van der Waals surface area contributed by atoms with Crippen molar-refractivity contribution in [3.05, 3.63) is 114 Å². The fourth-order valence-electron chi connectivity index (χ4n) is 4.51. The minimum Gasteiger partial charge on any atom is -1.00 e. The van der Waals surface area contributed by atoms with Crippen molar-refractivity contribution in [1.82, 2.24) is 4.90 Å². The normalized spacial score (nSPS) is 20.5. The van der Waals surface area contributed by atoms with Crippen LogP contribution in [-0.2, 0) is 40.4 Å². The summed E-state index contributed by atoms with van der Waals surface area (Å²) in [4.78, 5) is 15.3. The van der Waals surface area contributed by atoms with Gasteiger partial charge in [-0.2, -0.15) is 13.2 Å². The third kappa shape index (κ3) is 6.14. The predicted molar refractivity (Wildman–Crippen MR) is 114 cm³/mol. The van der Waals surface area contributed by atoms with E-state index in [0.717, 1.165) is 11.6 Å². The Labute approximate surface area is 223 Å². The smallest absolute Gasteiger partial charge is 1.00 e. The van der Waals surface area contributed by atoms with Gasteiger partial charge in [-0.3, -0.25) is 9.69 Å². The molecule has 3 aromatic rings. The Morgan fingerprint density at radius 3 is 2.06 bits per heavy atom. The van der Waals surface area contributed by atoms with Crippen LogP contribution in [-0.4, -0.2) is 16.7 Å². The fourth-order valence-corrected chi connectivity index (χ4v) is 4.51. The Morgan fingerprint density at radius 1 is 0.909 bits per heavy atom. The molecule has 3 atom stereocenters. The van der Waals surface area contributed by atoms with E-state index in [1.165, 1.54) is 12.1 Å². The van der Waals surface area contributed by atoms with Gasteiger partial charge in [0.05, 0.1) is 5.56 Å². The topological polar surface area (TPSA) is 20.3 Å². The van der Waals surface area contributed by atoms with Crippen LogP contribution < -0.4 is 17.0 Å². The van der Waals surface area contributed by atoms with Gasteiger partial charge in [0, 0.05) is 30.1 Å². The van der Waals surface area contributed by atoms with Crippen molar-refractivity contribution in [3.63, 3.8) is 0 Å². The van der Waals surface area contributed by atoms with Crippen molar-refractivity contribution >= 4 is 5.78 Å². The summed E-state index contributed by atoms with van der Waals surface area (Å²) >= 11 is 0. The van der Waals surface area contributed by atoms with Crippen LogP contribution in [0.1, 0.15) is 39.5 Å². The van der Waals surface area contributed by atoms with Gasteiger partial charge in [-0.15, -0.1) is 0 Å². The third-order valence-electron chi connectivity index (χ3n) is 5.92. The number of hydrogen-bond donors (Lipinski definition) is 0. The molecule has 0 aromatic heterocycles. The van der Waals surface area contributed by atoms with E-state index in [0.29, 0.717) is 18.5 Å². The Kier molecular flexibility index (Phi) is 9.89. The minimum absolute atomic E-state index is 0. The van der Waals surface area contributed by atoms with Crippen molar-refractivity contribution in [2.45, 2.75) is 31.2 Å². The Hall–Kier alpha value is -1.50. The Bertz CT molecular complexity index is 1050. The number of halogens is 4. The van der Waals surface area contributed by atoms with Gasteiger partial charge >= 0.3 is 33.8 Å². The number of carbonyl (C=O) groups excluding carboxylic acids is 1. The molecule has 0 unspecified atom stereocenters. The fraction of sp³-hybridized carbons (Fsp3) is 0.231. The average Bonchev–Trinajstić information content (AvgIpc) is 3.10. The summed E-state index contributed by atoms with van der Waals surface area (Å²) < 4.78 is 41.7. The van der Waals surface area contributed by atoms with Crippen molar-refractivity contribution in [1.29, 1.82) is 0 Å². The van der Waals surface area contributed by atoms with Gasteiger partial charge in [-0.25, -0.2) is 0 Å². The number of benzene rings is 3. The van der Waals surface area contributed by atoms with E-state index in [9.17, 15) is 18.0 Å². The standard InChI is InChI=1S/C26H23F3NO.BrH.Hg/c1-18-16-22(25(31)20-12-6-3-7-13-20)24(30(18)17-19-10-4-2-5-11-19)21-14-8-9-15-23(21)26(27,28)29;;/h2-15,18,22,24H,1,16-17H2;1H;/q;;+1/p-1/t18-,22+,24+;;/m1../s1. The first-order chi connectivity index (χ1) is 14.9. The largest absolute Gasteiger partial charge is 1.00 e. The quantitative estimate of drug-likeness (QED) is 0.301. The molecule has 33 heavy (non-hydrogen) atoms. The molecule has 1 heterocycles. The molecule has 4 rings (SSSR count). The van der Waals surface area contributed by atoms with E-state index in [1.807, 2.05) is 41.3 Å². The summed E-state index contributed by atoms with van der Waals surface area (Å²) in [6.07, 6.45) is -4.11. The van der Waals surface area contributed by atoms with Crippen LogP contribution in [0.5, 0.6) is 0 Å². The zero-order valence-corrected chi connectivity index (χ0v) is 25.1. The number of Topliss-reactive ketones (excluding diaryl/α,β-unsaturated/α-hetero) is 1. The maximum absolute atomic E-state index is 13.9. The molecule has 0 amide bonds. The molecule has 0 aliphatic carbocycles. The molecule has 1 aliphatic rings. The monoisotopic (exact) mass is 703 g/mol. The second-order valence-corrected chi connectivity index (χ2v) is 7.91. The first kappa shape index (κ1) is 27.7. The third-order valence-corrected chi connectivity index (χ3v) is 5.92. The number of carbonyl (C=O) groups is 1. The second-order valence-electron chi connectivity index (χ2n) is 7.91. The molecule has 0 spiro atoms. The van der Waals surface area contributed by atoms with E-state index in [1.54, 1.807) is 30.3 Å². The van der Waals surface area contributed by atoms with E-state index < -0.39 is 23.7 Å². The average molecular weight is 703 g/mol. The summed E-state index contributed by atoms with van der Waals surface area (Å²) in [6, 6.07) is 22.9. The molecule has 0 N–H and O–H groups in total. The molecule has 0 saturated carbocycles. The SMILES string of the molecule is [Br-].[CH2][C@@H]1C[C@H](C(=O)c2ccccc2)[C@H](c2ccccc2C(F)(F)F)N1Cc1ccccc1.[Hg+]. The van der Waals surface area contributed by atoms with Crippen molar-refractivity contribution < 1.29 is 62.6 Å². The van der Waals surface area contributed by atoms with Gasteiger partial charge in [0.2, 0.25) is 0 Å². The molecular weight excluding hydrogens is 680 g/mol. The van der Waals surface area contributed by atoms with Crippen molar-refractivity contribution in [2.75, 3.05) is 0 Å². The molecule has 1 saturated heterocycles. The molecular formula is C26H23BrF3HgNO. The molecule has 3 aromatic carbocycles. The van der Waals surface area contributed by atoms with Gasteiger partial charge < -0.3 is 17.0 Å². The summed E-state index contributed by atoms with van der Waals surface area (Å²) in [5, 5.41) is 0. The summed E-state index contributed by atoms with van der Waals surface area (Å²) in [7, 11) is 0. The summed E-state index contributed by atoms with van der Waals surface area (Å²) in [5.74, 6) is -0.760. The Morgan fingerprint density at radius 2 is 1.45 bits per heavy atom. The molecule has 1 aliphatic heterocycles. The maximum atomic E-state index is 13.9. The first-order valence-electron chi connectivity index (χ1n) is 10.2. The van der Waals surface area contributed by atoms with Crippen LogP contribution in [0.4, 0.5) is 13.2 Å². The van der Waals surface area contributed by atoms with Crippen molar-refractivity contribution in [2.24, 2.45) is 5.92 Å². The maximum Gasteiger partial charge on any atom is 1.00 e. The van der Waals surface area contributed by atoms with E-state index in [-0.39, 0.29) is 62.0 Å². The van der Waals surface area contributed by atoms with Crippen LogP contribution in [0.25, 0.3) is 0 Å². The number of rotatable bonds is 5. The number of alkyl halides is 3. The number of nitrogens with zero attached hydrogens (tertiary/aromatic N) is 1. The van der Waals surface area contributed by atoms with E-state index >= 15 is 0 Å². The molecule has 0 bridgehead atoms. The molecule has 7 heteroatoms. The van der Waals surface area contributed by atoms with Crippen molar-refractivity contribution in [3.8, 4) is 0 Å². The molecule has 168 valence electrons. The second kappa shape index (κ2) is 11.8. The first-order valence-corrected chi connectivity index (χ1v) is 10.2. The zero-order chi connectivity index (χ0) is 22.0. The Balaban J connectivity index is 0.00000193. The van der Waals surface area contributed by atoms with Crippen LogP contribution in [0.2, 0.25) is 0 Å². The molecule has 2 nitrogen and oxygen atoms in total. The van der Waals surface area contributed by atoms with Gasteiger partial charge in [-0.1, -0.05) is 78.9 Å². The van der Waals surface area contributed by atoms with Gasteiger partial charge in [0.25, 0.3) is 0 Å². The van der Waals surface area contributed by atoms with Crippen LogP contribution >= 0.6 is 0 Å². The van der Waals surface area contributed by atoms with Gasteiger partial charge in [-0.05, 0) is 30.5 Å². The number of likely N-dealkylation sites (tertiary alicyclic amines) is 1. The number of ketones is 1. The van der Waals surface area contributed by atoms with Gasteiger partial charge in [0.15, 0.2) is 5.78 Å². The van der Waals surface area contributed by atoms with Crippen LogP contribution in [0.15, 0.2) is 84.9 Å². The minimum atomic E-state index is -4.51. The van der Waals surface area contributed by atoms with Crippen LogP contribution in [0.3, 0.4) is 0 Å². The zero-order valence-electron chi connectivity index (χ0n) is 18.0. The molecule has 1 fully saturated rings.